The molecular weight excluding hydrogens is 408 g/mol. The van der Waals surface area contributed by atoms with Gasteiger partial charge in [0.25, 0.3) is 5.91 Å². The molecule has 5 aliphatic rings. The van der Waals surface area contributed by atoms with Gasteiger partial charge in [0, 0.05) is 44.0 Å². The van der Waals surface area contributed by atoms with Gasteiger partial charge in [-0.3, -0.25) is 4.79 Å². The number of nitrogens with zero attached hydrogens (tertiary/aromatic N) is 4. The first-order valence-corrected chi connectivity index (χ1v) is 13.9. The van der Waals surface area contributed by atoms with Crippen molar-refractivity contribution in [3.63, 3.8) is 0 Å². The Morgan fingerprint density at radius 2 is 1.58 bits per heavy atom. The number of hydrogen-bond donors (Lipinski definition) is 0. The Morgan fingerprint density at radius 3 is 2.30 bits per heavy atom. The van der Waals surface area contributed by atoms with Gasteiger partial charge in [0.15, 0.2) is 0 Å². The Hall–Kier alpha value is -1.62. The average molecular weight is 451 g/mol. The van der Waals surface area contributed by atoms with Crippen LogP contribution in [0.4, 0.5) is 5.82 Å². The maximum Gasteiger partial charge on any atom is 0.254 e. The molecule has 0 aromatic carbocycles. The first kappa shape index (κ1) is 21.9. The highest BCUT2D eigenvalue weighted by atomic mass is 16.2. The third-order valence-corrected chi connectivity index (χ3v) is 10.2. The number of amides is 1. The average Bonchev–Trinajstić information content (AvgIpc) is 2.84. The van der Waals surface area contributed by atoms with E-state index >= 15 is 0 Å². The molecule has 5 fully saturated rings. The van der Waals surface area contributed by atoms with E-state index in [1.165, 1.54) is 90.1 Å². The molecule has 33 heavy (non-hydrogen) atoms. The molecule has 2 saturated carbocycles. The SMILES string of the molecule is O=C(c1ccnc(N2CCC3(CC2)CCN(C2CCC2)CC3)c1)N1CC[C@@H]2CCCC[C@@H]2C1. The Bertz CT molecular complexity index is 834. The number of carbonyl (C=O) groups excluding carboxylic acids is 1. The summed E-state index contributed by atoms with van der Waals surface area (Å²) in [6.45, 7) is 6.69. The second-order valence-electron chi connectivity index (χ2n) is 11.9. The third-order valence-electron chi connectivity index (χ3n) is 10.2. The first-order chi connectivity index (χ1) is 16.2. The molecule has 4 heterocycles. The van der Waals surface area contributed by atoms with E-state index in [9.17, 15) is 4.79 Å². The minimum Gasteiger partial charge on any atom is -0.357 e. The largest absolute Gasteiger partial charge is 0.357 e. The fourth-order valence-corrected chi connectivity index (χ4v) is 7.52. The zero-order chi connectivity index (χ0) is 22.3. The number of pyridine rings is 1. The van der Waals surface area contributed by atoms with Gasteiger partial charge in [0.05, 0.1) is 0 Å². The Labute approximate surface area is 199 Å². The van der Waals surface area contributed by atoms with E-state index in [2.05, 4.69) is 20.8 Å². The van der Waals surface area contributed by atoms with Crippen molar-refractivity contribution in [2.45, 2.75) is 83.1 Å². The number of rotatable bonds is 3. The van der Waals surface area contributed by atoms with E-state index in [0.29, 0.717) is 5.41 Å². The van der Waals surface area contributed by atoms with Crippen molar-refractivity contribution >= 4 is 11.7 Å². The summed E-state index contributed by atoms with van der Waals surface area (Å²) in [5.74, 6) is 2.82. The van der Waals surface area contributed by atoms with Crippen molar-refractivity contribution in [3.05, 3.63) is 23.9 Å². The van der Waals surface area contributed by atoms with E-state index in [4.69, 9.17) is 4.98 Å². The van der Waals surface area contributed by atoms with E-state index in [-0.39, 0.29) is 5.91 Å². The molecule has 3 aliphatic heterocycles. The van der Waals surface area contributed by atoms with Gasteiger partial charge in [-0.15, -0.1) is 0 Å². The van der Waals surface area contributed by atoms with Crippen molar-refractivity contribution < 1.29 is 4.79 Å². The predicted molar refractivity (Wildman–Crippen MR) is 133 cm³/mol. The second kappa shape index (κ2) is 9.20. The fourth-order valence-electron chi connectivity index (χ4n) is 7.52. The van der Waals surface area contributed by atoms with Crippen molar-refractivity contribution in [3.8, 4) is 0 Å². The summed E-state index contributed by atoms with van der Waals surface area (Å²) in [7, 11) is 0. The number of fused-ring (bicyclic) bond motifs is 1. The molecule has 5 nitrogen and oxygen atoms in total. The number of hydrogen-bond acceptors (Lipinski definition) is 4. The molecule has 3 saturated heterocycles. The van der Waals surface area contributed by atoms with Crippen LogP contribution in [0.1, 0.15) is 87.4 Å². The van der Waals surface area contributed by atoms with Crippen LogP contribution in [0.15, 0.2) is 18.3 Å². The number of likely N-dealkylation sites (tertiary alicyclic amines) is 2. The monoisotopic (exact) mass is 450 g/mol. The quantitative estimate of drug-likeness (QED) is 0.652. The van der Waals surface area contributed by atoms with E-state index < -0.39 is 0 Å². The zero-order valence-electron chi connectivity index (χ0n) is 20.4. The fraction of sp³-hybridized carbons (Fsp3) is 0.786. The Balaban J connectivity index is 1.05. The molecule has 0 bridgehead atoms. The van der Waals surface area contributed by atoms with Gasteiger partial charge in [-0.05, 0) is 93.8 Å². The lowest BCUT2D eigenvalue weighted by molar-refractivity contribution is 0.0305. The van der Waals surface area contributed by atoms with Crippen LogP contribution in [-0.2, 0) is 0 Å². The van der Waals surface area contributed by atoms with Crippen LogP contribution >= 0.6 is 0 Å². The van der Waals surface area contributed by atoms with Gasteiger partial charge >= 0.3 is 0 Å². The third kappa shape index (κ3) is 4.42. The lowest BCUT2D eigenvalue weighted by Gasteiger charge is -2.50. The predicted octanol–water partition coefficient (Wildman–Crippen LogP) is 4.97. The molecule has 1 spiro atoms. The van der Waals surface area contributed by atoms with Gasteiger partial charge in [0.2, 0.25) is 0 Å². The standard InChI is InChI=1S/C28H42N4O/c33-27(32-15-9-22-4-1-2-5-24(22)21-32)23-8-14-29-26(20-23)31-18-12-28(13-19-31)10-16-30(17-11-28)25-6-3-7-25/h8,14,20,22,24-25H,1-7,9-13,15-19,21H2/t22-,24+/m0/s1. The van der Waals surface area contributed by atoms with Crippen molar-refractivity contribution in [2.75, 3.05) is 44.2 Å². The molecule has 1 amide bonds. The van der Waals surface area contributed by atoms with Gasteiger partial charge in [-0.2, -0.15) is 0 Å². The second-order valence-corrected chi connectivity index (χ2v) is 11.9. The first-order valence-electron chi connectivity index (χ1n) is 13.9. The van der Waals surface area contributed by atoms with Crippen LogP contribution in [0.3, 0.4) is 0 Å². The molecule has 2 aliphatic carbocycles. The van der Waals surface area contributed by atoms with Crippen LogP contribution < -0.4 is 4.90 Å². The van der Waals surface area contributed by atoms with Crippen molar-refractivity contribution in [2.24, 2.45) is 17.3 Å². The highest BCUT2D eigenvalue weighted by Crippen LogP contribution is 2.43. The number of piperidine rings is 3. The molecule has 1 aromatic heterocycles. The topological polar surface area (TPSA) is 39.7 Å². The minimum atomic E-state index is 0.222. The van der Waals surface area contributed by atoms with E-state index in [1.807, 2.05) is 12.3 Å². The van der Waals surface area contributed by atoms with E-state index in [0.717, 1.165) is 55.4 Å². The zero-order valence-corrected chi connectivity index (χ0v) is 20.4. The van der Waals surface area contributed by atoms with Crippen LogP contribution in [0.25, 0.3) is 0 Å². The number of anilines is 1. The van der Waals surface area contributed by atoms with Gasteiger partial charge in [-0.25, -0.2) is 4.98 Å². The molecule has 0 unspecified atom stereocenters. The molecular formula is C28H42N4O. The summed E-state index contributed by atoms with van der Waals surface area (Å²) >= 11 is 0. The van der Waals surface area contributed by atoms with Crippen molar-refractivity contribution in [1.82, 2.24) is 14.8 Å². The molecule has 2 atom stereocenters. The summed E-state index contributed by atoms with van der Waals surface area (Å²) in [5.41, 5.74) is 1.39. The molecule has 5 heteroatoms. The highest BCUT2D eigenvalue weighted by Gasteiger charge is 2.40. The summed E-state index contributed by atoms with van der Waals surface area (Å²) in [6, 6.07) is 4.91. The molecule has 6 rings (SSSR count). The van der Waals surface area contributed by atoms with Gasteiger partial charge in [-0.1, -0.05) is 25.7 Å². The maximum absolute atomic E-state index is 13.3. The Morgan fingerprint density at radius 1 is 0.848 bits per heavy atom. The van der Waals surface area contributed by atoms with Crippen LogP contribution in [0.2, 0.25) is 0 Å². The molecule has 0 radical (unpaired) electrons. The normalized spacial score (nSPS) is 30.7. The lowest BCUT2D eigenvalue weighted by Crippen LogP contribution is -2.51. The smallest absolute Gasteiger partial charge is 0.254 e. The minimum absolute atomic E-state index is 0.222. The van der Waals surface area contributed by atoms with Gasteiger partial charge < -0.3 is 14.7 Å². The number of aromatic nitrogens is 1. The summed E-state index contributed by atoms with van der Waals surface area (Å²) < 4.78 is 0. The molecule has 1 aromatic rings. The summed E-state index contributed by atoms with van der Waals surface area (Å²) in [5, 5.41) is 0. The summed E-state index contributed by atoms with van der Waals surface area (Å²) in [6.07, 6.45) is 18.1. The Kier molecular flexibility index (Phi) is 6.10. The van der Waals surface area contributed by atoms with Crippen molar-refractivity contribution in [1.29, 1.82) is 0 Å². The van der Waals surface area contributed by atoms with Crippen LogP contribution in [0, 0.1) is 17.3 Å². The maximum atomic E-state index is 13.3. The highest BCUT2D eigenvalue weighted by molar-refractivity contribution is 5.95. The van der Waals surface area contributed by atoms with Gasteiger partial charge in [0.1, 0.15) is 5.82 Å². The van der Waals surface area contributed by atoms with E-state index in [1.54, 1.807) is 0 Å². The molecule has 0 N–H and O–H groups in total. The van der Waals surface area contributed by atoms with Crippen LogP contribution in [-0.4, -0.2) is 66.0 Å². The lowest BCUT2D eigenvalue weighted by atomic mass is 9.70. The van der Waals surface area contributed by atoms with Crippen LogP contribution in [0.5, 0.6) is 0 Å². The number of carbonyl (C=O) groups is 1. The summed E-state index contributed by atoms with van der Waals surface area (Å²) in [4.78, 5) is 25.4. The molecule has 180 valence electrons.